The molecular weight excluding hydrogens is 302 g/mol. The van der Waals surface area contributed by atoms with Crippen molar-refractivity contribution in [3.63, 3.8) is 0 Å². The summed E-state index contributed by atoms with van der Waals surface area (Å²) < 4.78 is 10.6. The normalized spacial score (nSPS) is 12.7. The molecule has 0 unspecified atom stereocenters. The van der Waals surface area contributed by atoms with Gasteiger partial charge < -0.3 is 14.8 Å². The Kier molecular flexibility index (Phi) is 3.63. The molecule has 1 N–H and O–H groups in total. The lowest BCUT2D eigenvalue weighted by molar-refractivity contribution is 0.104. The number of hydrogen-bond acceptors (Lipinski definition) is 4. The maximum Gasteiger partial charge on any atom is 0.231 e. The Hall–Kier alpha value is -3.27. The first-order valence-corrected chi connectivity index (χ1v) is 7.66. The maximum absolute atomic E-state index is 12.5. The number of hydrogen-bond donors (Lipinski definition) is 1. The molecule has 0 fully saturated rings. The molecule has 1 heterocycles. The number of nitrogens with one attached hydrogen (secondary N) is 1. The van der Waals surface area contributed by atoms with Crippen molar-refractivity contribution in [3.8, 4) is 11.5 Å². The van der Waals surface area contributed by atoms with E-state index in [1.54, 1.807) is 6.20 Å². The molecule has 3 aromatic rings. The van der Waals surface area contributed by atoms with Gasteiger partial charge in [-0.3, -0.25) is 4.79 Å². The molecule has 118 valence electrons. The van der Waals surface area contributed by atoms with E-state index in [0.29, 0.717) is 11.3 Å². The molecule has 1 aliphatic rings. The Labute approximate surface area is 139 Å². The summed E-state index contributed by atoms with van der Waals surface area (Å²) in [6, 6.07) is 19.2. The number of carbonyl (C=O) groups is 1. The van der Waals surface area contributed by atoms with Crippen LogP contribution in [0.25, 0.3) is 10.8 Å². The van der Waals surface area contributed by atoms with Gasteiger partial charge >= 0.3 is 0 Å². The van der Waals surface area contributed by atoms with E-state index in [1.165, 1.54) is 6.08 Å². The molecule has 0 amide bonds. The van der Waals surface area contributed by atoms with Crippen LogP contribution in [0.2, 0.25) is 0 Å². The van der Waals surface area contributed by atoms with Crippen molar-refractivity contribution in [3.05, 3.63) is 78.5 Å². The van der Waals surface area contributed by atoms with Crippen LogP contribution in [-0.4, -0.2) is 12.6 Å². The minimum Gasteiger partial charge on any atom is -0.454 e. The zero-order valence-corrected chi connectivity index (χ0v) is 12.9. The summed E-state index contributed by atoms with van der Waals surface area (Å²) in [5.74, 6) is 1.39. The molecule has 4 rings (SSSR count). The fourth-order valence-corrected chi connectivity index (χ4v) is 2.73. The number of rotatable bonds is 4. The van der Waals surface area contributed by atoms with E-state index in [1.807, 2.05) is 60.7 Å². The zero-order chi connectivity index (χ0) is 16.4. The fourth-order valence-electron chi connectivity index (χ4n) is 2.73. The second-order valence-electron chi connectivity index (χ2n) is 5.44. The summed E-state index contributed by atoms with van der Waals surface area (Å²) in [6.45, 7) is 0.244. The number of anilines is 1. The van der Waals surface area contributed by atoms with Crippen molar-refractivity contribution in [2.75, 3.05) is 12.1 Å². The number of fused-ring (bicyclic) bond motifs is 2. The van der Waals surface area contributed by atoms with Gasteiger partial charge in [0.2, 0.25) is 6.79 Å². The van der Waals surface area contributed by atoms with Crippen LogP contribution in [0.5, 0.6) is 11.5 Å². The predicted octanol–water partition coefficient (Wildman–Crippen LogP) is 4.38. The number of ether oxygens (including phenoxy) is 2. The van der Waals surface area contributed by atoms with Crippen LogP contribution in [0, 0.1) is 0 Å². The van der Waals surface area contributed by atoms with Gasteiger partial charge in [0.1, 0.15) is 0 Å². The van der Waals surface area contributed by atoms with Crippen LogP contribution in [0.4, 0.5) is 5.69 Å². The topological polar surface area (TPSA) is 47.6 Å². The van der Waals surface area contributed by atoms with E-state index in [4.69, 9.17) is 9.47 Å². The Morgan fingerprint density at radius 1 is 0.958 bits per heavy atom. The van der Waals surface area contributed by atoms with Gasteiger partial charge in [0.15, 0.2) is 17.3 Å². The molecule has 3 aromatic carbocycles. The summed E-state index contributed by atoms with van der Waals surface area (Å²) >= 11 is 0. The highest BCUT2D eigenvalue weighted by molar-refractivity contribution is 6.13. The van der Waals surface area contributed by atoms with Crippen molar-refractivity contribution in [1.29, 1.82) is 0 Å². The van der Waals surface area contributed by atoms with Gasteiger partial charge in [-0.05, 0) is 22.9 Å². The van der Waals surface area contributed by atoms with Crippen LogP contribution in [0.15, 0.2) is 72.9 Å². The molecule has 0 aliphatic carbocycles. The number of allylic oxidation sites excluding steroid dienone is 1. The van der Waals surface area contributed by atoms with E-state index >= 15 is 0 Å². The predicted molar refractivity (Wildman–Crippen MR) is 93.6 cm³/mol. The summed E-state index contributed by atoms with van der Waals surface area (Å²) in [5.41, 5.74) is 1.53. The Morgan fingerprint density at radius 3 is 2.75 bits per heavy atom. The number of ketones is 1. The molecule has 0 saturated heterocycles. The minimum atomic E-state index is -0.0416. The summed E-state index contributed by atoms with van der Waals surface area (Å²) in [6.07, 6.45) is 3.17. The second-order valence-corrected chi connectivity index (χ2v) is 5.44. The van der Waals surface area contributed by atoms with Gasteiger partial charge in [-0.1, -0.05) is 42.5 Å². The minimum absolute atomic E-state index is 0.0416. The molecule has 0 aromatic heterocycles. The quantitative estimate of drug-likeness (QED) is 0.573. The Balaban J connectivity index is 1.52. The average molecular weight is 317 g/mol. The molecule has 4 heteroatoms. The molecule has 0 bridgehead atoms. The first-order valence-electron chi connectivity index (χ1n) is 7.66. The third-order valence-corrected chi connectivity index (χ3v) is 3.91. The zero-order valence-electron chi connectivity index (χ0n) is 12.9. The van der Waals surface area contributed by atoms with Crippen LogP contribution in [-0.2, 0) is 0 Å². The average Bonchev–Trinajstić information content (AvgIpc) is 3.09. The van der Waals surface area contributed by atoms with Crippen LogP contribution < -0.4 is 14.8 Å². The third-order valence-electron chi connectivity index (χ3n) is 3.91. The van der Waals surface area contributed by atoms with Gasteiger partial charge in [0.05, 0.1) is 0 Å². The second kappa shape index (κ2) is 6.08. The molecule has 0 saturated carbocycles. The van der Waals surface area contributed by atoms with E-state index in [-0.39, 0.29) is 12.6 Å². The summed E-state index contributed by atoms with van der Waals surface area (Å²) in [7, 11) is 0. The van der Waals surface area contributed by atoms with Crippen LogP contribution in [0.1, 0.15) is 10.4 Å². The molecule has 0 atom stereocenters. The van der Waals surface area contributed by atoms with Crippen molar-refractivity contribution in [2.24, 2.45) is 0 Å². The highest BCUT2D eigenvalue weighted by atomic mass is 16.7. The van der Waals surface area contributed by atoms with E-state index in [0.717, 1.165) is 22.2 Å². The van der Waals surface area contributed by atoms with Gasteiger partial charge in [0.25, 0.3) is 0 Å². The van der Waals surface area contributed by atoms with Crippen LogP contribution >= 0.6 is 0 Å². The Bertz CT molecular complexity index is 941. The highest BCUT2D eigenvalue weighted by Gasteiger charge is 2.12. The van der Waals surface area contributed by atoms with E-state index in [2.05, 4.69) is 5.32 Å². The monoisotopic (exact) mass is 317 g/mol. The lowest BCUT2D eigenvalue weighted by atomic mass is 10.0. The fraction of sp³-hybridized carbons (Fsp3) is 0.0500. The summed E-state index contributed by atoms with van der Waals surface area (Å²) in [5, 5.41) is 5.10. The van der Waals surface area contributed by atoms with Crippen molar-refractivity contribution >= 4 is 22.2 Å². The maximum atomic E-state index is 12.5. The molecular formula is C20H15NO3. The van der Waals surface area contributed by atoms with Crippen molar-refractivity contribution < 1.29 is 14.3 Å². The van der Waals surface area contributed by atoms with E-state index in [9.17, 15) is 4.79 Å². The molecule has 0 spiro atoms. The molecule has 0 radical (unpaired) electrons. The van der Waals surface area contributed by atoms with Crippen molar-refractivity contribution in [1.82, 2.24) is 0 Å². The summed E-state index contributed by atoms with van der Waals surface area (Å²) in [4.78, 5) is 12.5. The lowest BCUT2D eigenvalue weighted by Gasteiger charge is -2.04. The SMILES string of the molecule is O=C(/C=C/Nc1ccc2c(c1)OCO2)c1cccc2ccccc12. The smallest absolute Gasteiger partial charge is 0.231 e. The molecule has 1 aliphatic heterocycles. The van der Waals surface area contributed by atoms with Crippen LogP contribution in [0.3, 0.4) is 0 Å². The van der Waals surface area contributed by atoms with Gasteiger partial charge in [-0.2, -0.15) is 0 Å². The third kappa shape index (κ3) is 2.70. The standard InChI is InChI=1S/C20H15NO3/c22-18(17-7-3-5-14-4-1-2-6-16(14)17)10-11-21-15-8-9-19-20(12-15)24-13-23-19/h1-12,21H,13H2/b11-10+. The number of carbonyl (C=O) groups excluding carboxylic acids is 1. The van der Waals surface area contributed by atoms with Gasteiger partial charge in [0, 0.05) is 29.6 Å². The first-order chi connectivity index (χ1) is 11.8. The molecule has 4 nitrogen and oxygen atoms in total. The molecule has 24 heavy (non-hydrogen) atoms. The Morgan fingerprint density at radius 2 is 1.79 bits per heavy atom. The number of benzene rings is 3. The van der Waals surface area contributed by atoms with Gasteiger partial charge in [-0.15, -0.1) is 0 Å². The van der Waals surface area contributed by atoms with E-state index < -0.39 is 0 Å². The lowest BCUT2D eigenvalue weighted by Crippen LogP contribution is -1.97. The largest absolute Gasteiger partial charge is 0.454 e. The van der Waals surface area contributed by atoms with Crippen molar-refractivity contribution in [2.45, 2.75) is 0 Å². The highest BCUT2D eigenvalue weighted by Crippen LogP contribution is 2.34. The first kappa shape index (κ1) is 14.3. The van der Waals surface area contributed by atoms with Gasteiger partial charge in [-0.25, -0.2) is 0 Å².